The van der Waals surface area contributed by atoms with Crippen molar-refractivity contribution in [2.45, 2.75) is 6.92 Å². The van der Waals surface area contributed by atoms with Crippen LogP contribution < -0.4 is 5.30 Å². The standard InChI is InChI=1S/C10H10NP/c1-7-6-10(12)8-4-2-3-5-9(8)11-7/h2-6H,12H2,1H3. The molecule has 0 spiro atoms. The second-order valence-electron chi connectivity index (χ2n) is 2.87. The molecular formula is C10H10NP. The van der Waals surface area contributed by atoms with Gasteiger partial charge in [0, 0.05) is 11.1 Å². The van der Waals surface area contributed by atoms with Crippen LogP contribution in [0.3, 0.4) is 0 Å². The van der Waals surface area contributed by atoms with Gasteiger partial charge < -0.3 is 0 Å². The summed E-state index contributed by atoms with van der Waals surface area (Å²) in [5, 5.41) is 2.44. The monoisotopic (exact) mass is 175 g/mol. The van der Waals surface area contributed by atoms with Crippen molar-refractivity contribution in [1.29, 1.82) is 0 Å². The van der Waals surface area contributed by atoms with Crippen molar-refractivity contribution >= 4 is 25.4 Å². The van der Waals surface area contributed by atoms with Gasteiger partial charge >= 0.3 is 0 Å². The normalized spacial score (nSPS) is 10.5. The number of hydrogen-bond acceptors (Lipinski definition) is 1. The fraction of sp³-hybridized carbons (Fsp3) is 0.100. The number of pyridine rings is 1. The molecule has 0 amide bonds. The van der Waals surface area contributed by atoms with Gasteiger partial charge in [0.2, 0.25) is 0 Å². The highest BCUT2D eigenvalue weighted by molar-refractivity contribution is 7.28. The summed E-state index contributed by atoms with van der Waals surface area (Å²) < 4.78 is 0. The molecule has 0 saturated carbocycles. The van der Waals surface area contributed by atoms with Gasteiger partial charge in [0.05, 0.1) is 5.52 Å². The fourth-order valence-electron chi connectivity index (χ4n) is 1.34. The van der Waals surface area contributed by atoms with Crippen molar-refractivity contribution in [3.8, 4) is 0 Å². The molecule has 2 rings (SSSR count). The summed E-state index contributed by atoms with van der Waals surface area (Å²) in [4.78, 5) is 4.42. The molecule has 0 saturated heterocycles. The van der Waals surface area contributed by atoms with Crippen LogP contribution in [0.4, 0.5) is 0 Å². The van der Waals surface area contributed by atoms with Crippen LogP contribution >= 0.6 is 9.24 Å². The van der Waals surface area contributed by atoms with E-state index in [1.54, 1.807) is 0 Å². The lowest BCUT2D eigenvalue weighted by Crippen LogP contribution is -1.96. The van der Waals surface area contributed by atoms with Gasteiger partial charge in [-0.25, -0.2) is 0 Å². The second kappa shape index (κ2) is 2.84. The number of aromatic nitrogens is 1. The summed E-state index contributed by atoms with van der Waals surface area (Å²) in [7, 11) is 2.74. The van der Waals surface area contributed by atoms with Crippen LogP contribution in [0.15, 0.2) is 30.3 Å². The number of nitrogens with zero attached hydrogens (tertiary/aromatic N) is 1. The third kappa shape index (κ3) is 1.21. The van der Waals surface area contributed by atoms with E-state index in [4.69, 9.17) is 0 Å². The van der Waals surface area contributed by atoms with Gasteiger partial charge in [0.1, 0.15) is 0 Å². The molecule has 1 nitrogen and oxygen atoms in total. The number of para-hydroxylation sites is 1. The largest absolute Gasteiger partial charge is 0.253 e. The molecule has 1 unspecified atom stereocenters. The van der Waals surface area contributed by atoms with Gasteiger partial charge in [-0.15, -0.1) is 9.24 Å². The van der Waals surface area contributed by atoms with E-state index < -0.39 is 0 Å². The summed E-state index contributed by atoms with van der Waals surface area (Å²) in [5.74, 6) is 0. The summed E-state index contributed by atoms with van der Waals surface area (Å²) in [6.45, 7) is 2.01. The number of fused-ring (bicyclic) bond motifs is 1. The second-order valence-corrected chi connectivity index (χ2v) is 3.49. The molecule has 0 fully saturated rings. The van der Waals surface area contributed by atoms with Crippen LogP contribution in [0.25, 0.3) is 10.9 Å². The smallest absolute Gasteiger partial charge is 0.0711 e. The van der Waals surface area contributed by atoms with Crippen molar-refractivity contribution in [2.24, 2.45) is 0 Å². The Balaban J connectivity index is 2.89. The highest BCUT2D eigenvalue weighted by Gasteiger charge is 1.97. The molecule has 12 heavy (non-hydrogen) atoms. The lowest BCUT2D eigenvalue weighted by molar-refractivity contribution is 1.26. The summed E-state index contributed by atoms with van der Waals surface area (Å²) >= 11 is 0. The van der Waals surface area contributed by atoms with E-state index in [2.05, 4.69) is 26.4 Å². The molecule has 0 aliphatic rings. The predicted octanol–water partition coefficient (Wildman–Crippen LogP) is 2.04. The number of benzene rings is 1. The Labute approximate surface area is 74.0 Å². The first-order chi connectivity index (χ1) is 5.77. The van der Waals surface area contributed by atoms with Crippen LogP contribution in [0.1, 0.15) is 5.69 Å². The highest BCUT2D eigenvalue weighted by Crippen LogP contribution is 2.11. The van der Waals surface area contributed by atoms with E-state index in [9.17, 15) is 0 Å². The first-order valence-electron chi connectivity index (χ1n) is 3.89. The summed E-state index contributed by atoms with van der Waals surface area (Å²) in [5.41, 5.74) is 2.14. The third-order valence-corrected chi connectivity index (χ3v) is 2.35. The van der Waals surface area contributed by atoms with Gasteiger partial charge in [-0.3, -0.25) is 4.98 Å². The molecular weight excluding hydrogens is 165 g/mol. The predicted molar refractivity (Wildman–Crippen MR) is 55.8 cm³/mol. The summed E-state index contributed by atoms with van der Waals surface area (Å²) in [6.07, 6.45) is 0. The molecule has 1 aromatic carbocycles. The molecule has 1 atom stereocenters. The fourth-order valence-corrected chi connectivity index (χ4v) is 1.83. The van der Waals surface area contributed by atoms with Crippen molar-refractivity contribution in [3.05, 3.63) is 36.0 Å². The first-order valence-corrected chi connectivity index (χ1v) is 4.47. The van der Waals surface area contributed by atoms with E-state index in [0.29, 0.717) is 0 Å². The van der Waals surface area contributed by atoms with E-state index in [0.717, 1.165) is 11.2 Å². The summed E-state index contributed by atoms with van der Waals surface area (Å²) in [6, 6.07) is 10.2. The Hall–Kier alpha value is -0.940. The van der Waals surface area contributed by atoms with Gasteiger partial charge in [-0.2, -0.15) is 0 Å². The topological polar surface area (TPSA) is 12.9 Å². The molecule has 1 aromatic heterocycles. The van der Waals surface area contributed by atoms with Crippen LogP contribution in [0.5, 0.6) is 0 Å². The minimum Gasteiger partial charge on any atom is -0.253 e. The van der Waals surface area contributed by atoms with Crippen LogP contribution in [-0.4, -0.2) is 4.98 Å². The van der Waals surface area contributed by atoms with Gasteiger partial charge in [-0.1, -0.05) is 18.2 Å². The Bertz CT molecular complexity index is 423. The van der Waals surface area contributed by atoms with Crippen molar-refractivity contribution in [1.82, 2.24) is 4.98 Å². The molecule has 0 aliphatic heterocycles. The van der Waals surface area contributed by atoms with Gasteiger partial charge in [0.15, 0.2) is 0 Å². The van der Waals surface area contributed by atoms with E-state index in [1.807, 2.05) is 25.1 Å². The number of aryl methyl sites for hydroxylation is 1. The Morgan fingerprint density at radius 3 is 2.83 bits per heavy atom. The maximum absolute atomic E-state index is 4.42. The molecule has 0 radical (unpaired) electrons. The van der Waals surface area contributed by atoms with E-state index in [1.165, 1.54) is 10.7 Å². The van der Waals surface area contributed by atoms with E-state index in [-0.39, 0.29) is 0 Å². The van der Waals surface area contributed by atoms with Crippen LogP contribution in [0.2, 0.25) is 0 Å². The maximum Gasteiger partial charge on any atom is 0.0711 e. The van der Waals surface area contributed by atoms with E-state index >= 15 is 0 Å². The minimum atomic E-state index is 1.07. The molecule has 1 heterocycles. The van der Waals surface area contributed by atoms with Crippen LogP contribution in [-0.2, 0) is 0 Å². The molecule has 0 aliphatic carbocycles. The number of rotatable bonds is 0. The zero-order valence-corrected chi connectivity index (χ0v) is 8.07. The molecule has 2 aromatic rings. The zero-order valence-electron chi connectivity index (χ0n) is 6.91. The van der Waals surface area contributed by atoms with Crippen molar-refractivity contribution in [2.75, 3.05) is 0 Å². The first kappa shape index (κ1) is 7.70. The van der Waals surface area contributed by atoms with Gasteiger partial charge in [0.25, 0.3) is 0 Å². The zero-order chi connectivity index (χ0) is 8.55. The third-order valence-electron chi connectivity index (χ3n) is 1.88. The number of hydrogen-bond donors (Lipinski definition) is 0. The Kier molecular flexibility index (Phi) is 1.82. The lowest BCUT2D eigenvalue weighted by Gasteiger charge is -2.01. The lowest BCUT2D eigenvalue weighted by atomic mass is 10.2. The van der Waals surface area contributed by atoms with Crippen LogP contribution in [0, 0.1) is 6.92 Å². The highest BCUT2D eigenvalue weighted by atomic mass is 31.0. The molecule has 0 bridgehead atoms. The average Bonchev–Trinajstić information content (AvgIpc) is 2.04. The molecule has 60 valence electrons. The Morgan fingerprint density at radius 2 is 2.00 bits per heavy atom. The SMILES string of the molecule is Cc1cc(P)c2ccccc2n1. The van der Waals surface area contributed by atoms with Crippen molar-refractivity contribution in [3.63, 3.8) is 0 Å². The molecule has 2 heteroatoms. The quantitative estimate of drug-likeness (QED) is 0.558. The average molecular weight is 175 g/mol. The Morgan fingerprint density at radius 1 is 1.25 bits per heavy atom. The maximum atomic E-state index is 4.42. The van der Waals surface area contributed by atoms with Crippen molar-refractivity contribution < 1.29 is 0 Å². The van der Waals surface area contributed by atoms with Gasteiger partial charge in [-0.05, 0) is 24.4 Å². The minimum absolute atomic E-state index is 1.07. The molecule has 0 N–H and O–H groups in total.